The van der Waals surface area contributed by atoms with Crippen LogP contribution in [0.3, 0.4) is 0 Å². The highest BCUT2D eigenvalue weighted by Gasteiger charge is 2.30. The molecule has 150 valence electrons. The van der Waals surface area contributed by atoms with Gasteiger partial charge < -0.3 is 14.9 Å². The van der Waals surface area contributed by atoms with Crippen LogP contribution in [-0.4, -0.2) is 45.4 Å². The molecule has 2 aromatic rings. The summed E-state index contributed by atoms with van der Waals surface area (Å²) in [7, 11) is -2.63. The van der Waals surface area contributed by atoms with Gasteiger partial charge in [-0.25, -0.2) is 13.2 Å². The molecule has 0 unspecified atom stereocenters. The number of methoxy groups -OCH3 is 1. The molecule has 0 aliphatic rings. The molecule has 0 aliphatic heterocycles. The first-order chi connectivity index (χ1) is 12.4. The molecule has 9 heteroatoms. The Hall–Kier alpha value is -1.87. The molecule has 0 atom stereocenters. The van der Waals surface area contributed by atoms with Crippen LogP contribution in [0.4, 0.5) is 0 Å². The average molecular weight is 417 g/mol. The monoisotopic (exact) mass is 416 g/mol. The number of rotatable bonds is 9. The Morgan fingerprint density at radius 3 is 2.44 bits per heavy atom. The number of sulfonamides is 1. The normalized spacial score (nSPS) is 11.3. The lowest BCUT2D eigenvalue weighted by atomic mass is 10.1. The molecule has 1 heterocycles. The highest BCUT2D eigenvalue weighted by molar-refractivity contribution is 7.89. The fourth-order valence-electron chi connectivity index (χ4n) is 2.61. The molecule has 0 bridgehead atoms. The van der Waals surface area contributed by atoms with E-state index in [0.29, 0.717) is 12.8 Å². The van der Waals surface area contributed by atoms with Crippen molar-refractivity contribution in [3.63, 3.8) is 0 Å². The smallest absolute Gasteiger partial charge is 0.373 e. The van der Waals surface area contributed by atoms with Crippen LogP contribution >= 0.6 is 12.4 Å². The molecule has 7 nitrogen and oxygen atoms in total. The topological polar surface area (TPSA) is 103 Å². The van der Waals surface area contributed by atoms with E-state index < -0.39 is 16.0 Å². The van der Waals surface area contributed by atoms with Gasteiger partial charge in [0.05, 0.1) is 7.11 Å². The number of nitrogens with zero attached hydrogens (tertiary/aromatic N) is 1. The highest BCUT2D eigenvalue weighted by atomic mass is 35.5. The molecule has 0 spiro atoms. The fourth-order valence-corrected chi connectivity index (χ4v) is 4.30. The number of furan rings is 1. The Balaban J connectivity index is 0.00000364. The van der Waals surface area contributed by atoms with E-state index in [1.165, 1.54) is 17.5 Å². The van der Waals surface area contributed by atoms with Crippen LogP contribution in [-0.2, 0) is 27.6 Å². The van der Waals surface area contributed by atoms with Gasteiger partial charge in [0.15, 0.2) is 0 Å². The molecular weight excluding hydrogens is 392 g/mol. The molecule has 0 amide bonds. The van der Waals surface area contributed by atoms with Crippen molar-refractivity contribution in [1.29, 1.82) is 0 Å². The predicted molar refractivity (Wildman–Crippen MR) is 105 cm³/mol. The van der Waals surface area contributed by atoms with Crippen LogP contribution in [0.5, 0.6) is 0 Å². The summed E-state index contributed by atoms with van der Waals surface area (Å²) in [5, 5.41) is 0. The van der Waals surface area contributed by atoms with Gasteiger partial charge in [0.25, 0.3) is 0 Å². The summed E-state index contributed by atoms with van der Waals surface area (Å²) in [6.45, 7) is 2.41. The van der Waals surface area contributed by atoms with Gasteiger partial charge in [0.2, 0.25) is 15.8 Å². The number of aryl methyl sites for hydroxylation is 1. The summed E-state index contributed by atoms with van der Waals surface area (Å²) < 4.78 is 37.5. The Morgan fingerprint density at radius 2 is 1.89 bits per heavy atom. The van der Waals surface area contributed by atoms with Crippen molar-refractivity contribution >= 4 is 28.4 Å². The van der Waals surface area contributed by atoms with E-state index in [0.717, 1.165) is 5.56 Å². The Kier molecular flexibility index (Phi) is 8.98. The summed E-state index contributed by atoms with van der Waals surface area (Å²) in [6, 6.07) is 10.8. The van der Waals surface area contributed by atoms with Gasteiger partial charge in [-0.05, 0) is 12.0 Å². The van der Waals surface area contributed by atoms with E-state index in [1.807, 2.05) is 30.3 Å². The highest BCUT2D eigenvalue weighted by Crippen LogP contribution is 2.25. The minimum Gasteiger partial charge on any atom is -0.463 e. The van der Waals surface area contributed by atoms with Gasteiger partial charge >= 0.3 is 5.97 Å². The first kappa shape index (κ1) is 23.2. The minimum absolute atomic E-state index is 0. The zero-order valence-electron chi connectivity index (χ0n) is 15.4. The van der Waals surface area contributed by atoms with Gasteiger partial charge in [-0.2, -0.15) is 4.31 Å². The minimum atomic E-state index is -3.85. The molecule has 1 aromatic carbocycles. The van der Waals surface area contributed by atoms with E-state index in [2.05, 4.69) is 4.74 Å². The molecule has 1 aromatic heterocycles. The number of nitrogens with two attached hydrogens (primary N) is 1. The van der Waals surface area contributed by atoms with Crippen molar-refractivity contribution in [1.82, 2.24) is 4.31 Å². The number of benzene rings is 1. The molecule has 2 rings (SSSR count). The van der Waals surface area contributed by atoms with Crippen LogP contribution in [0, 0.1) is 0 Å². The second kappa shape index (κ2) is 10.5. The van der Waals surface area contributed by atoms with Gasteiger partial charge in [-0.1, -0.05) is 37.3 Å². The maximum atomic E-state index is 13.1. The number of carbonyl (C=O) groups excluding carboxylic acids is 1. The number of carbonyl (C=O) groups is 1. The second-order valence-electron chi connectivity index (χ2n) is 5.67. The van der Waals surface area contributed by atoms with Crippen LogP contribution in [0.25, 0.3) is 0 Å². The first-order valence-corrected chi connectivity index (χ1v) is 9.83. The summed E-state index contributed by atoms with van der Waals surface area (Å²) in [5.41, 5.74) is 6.65. The number of hydrogen-bond donors (Lipinski definition) is 1. The van der Waals surface area contributed by atoms with Crippen LogP contribution in [0.2, 0.25) is 0 Å². The largest absolute Gasteiger partial charge is 0.463 e. The average Bonchev–Trinajstić information content (AvgIpc) is 3.10. The Morgan fingerprint density at radius 1 is 1.22 bits per heavy atom. The van der Waals surface area contributed by atoms with Crippen molar-refractivity contribution in [2.45, 2.75) is 24.7 Å². The maximum absolute atomic E-state index is 13.1. The third-order valence-corrected chi connectivity index (χ3v) is 5.91. The van der Waals surface area contributed by atoms with E-state index in [-0.39, 0.29) is 48.5 Å². The molecule has 0 radical (unpaired) electrons. The summed E-state index contributed by atoms with van der Waals surface area (Å²) in [4.78, 5) is 11.7. The Bertz CT molecular complexity index is 837. The fraction of sp³-hybridized carbons (Fsp3) is 0.389. The SMILES string of the molecule is CCc1oc(C(=O)OC)cc1S(=O)(=O)N(CCN)CCc1ccccc1.Cl. The van der Waals surface area contributed by atoms with Crippen LogP contribution < -0.4 is 5.73 Å². The standard InChI is InChI=1S/C18H24N2O5S.ClH/c1-3-15-17(13-16(25-15)18(21)24-2)26(22,23)20(12-10-19)11-9-14-7-5-4-6-8-14;/h4-8,13H,3,9-12,19H2,1-2H3;1H. The molecular formula is C18H25ClN2O5S. The van der Waals surface area contributed by atoms with E-state index >= 15 is 0 Å². The van der Waals surface area contributed by atoms with Gasteiger partial charge in [0.1, 0.15) is 10.7 Å². The van der Waals surface area contributed by atoms with Crippen molar-refractivity contribution < 1.29 is 22.4 Å². The van der Waals surface area contributed by atoms with Gasteiger partial charge in [-0.15, -0.1) is 12.4 Å². The third kappa shape index (κ3) is 5.55. The molecule has 0 fully saturated rings. The molecule has 2 N–H and O–H groups in total. The Labute approximate surface area is 165 Å². The molecule has 27 heavy (non-hydrogen) atoms. The summed E-state index contributed by atoms with van der Waals surface area (Å²) >= 11 is 0. The maximum Gasteiger partial charge on any atom is 0.373 e. The predicted octanol–water partition coefficient (Wildman–Crippen LogP) is 2.24. The van der Waals surface area contributed by atoms with Crippen molar-refractivity contribution in [2.24, 2.45) is 5.73 Å². The summed E-state index contributed by atoms with van der Waals surface area (Å²) in [6.07, 6.45) is 0.893. The first-order valence-electron chi connectivity index (χ1n) is 8.39. The van der Waals surface area contributed by atoms with Crippen molar-refractivity contribution in [3.05, 3.63) is 53.5 Å². The third-order valence-electron chi connectivity index (χ3n) is 3.97. The quantitative estimate of drug-likeness (QED) is 0.629. The number of ether oxygens (including phenoxy) is 1. The molecule has 0 saturated carbocycles. The van der Waals surface area contributed by atoms with E-state index in [1.54, 1.807) is 6.92 Å². The zero-order valence-corrected chi connectivity index (χ0v) is 17.0. The van der Waals surface area contributed by atoms with Crippen LogP contribution in [0.15, 0.2) is 45.7 Å². The number of esters is 1. The summed E-state index contributed by atoms with van der Waals surface area (Å²) in [5.74, 6) is -0.610. The molecule has 0 aliphatic carbocycles. The lowest BCUT2D eigenvalue weighted by molar-refractivity contribution is 0.0563. The number of hydrogen-bond acceptors (Lipinski definition) is 6. The zero-order chi connectivity index (χ0) is 19.2. The van der Waals surface area contributed by atoms with Gasteiger partial charge in [-0.3, -0.25) is 0 Å². The van der Waals surface area contributed by atoms with E-state index in [9.17, 15) is 13.2 Å². The number of halogens is 1. The van der Waals surface area contributed by atoms with Crippen molar-refractivity contribution in [2.75, 3.05) is 26.7 Å². The lowest BCUT2D eigenvalue weighted by Crippen LogP contribution is -2.37. The van der Waals surface area contributed by atoms with E-state index in [4.69, 9.17) is 10.2 Å². The lowest BCUT2D eigenvalue weighted by Gasteiger charge is -2.21. The van der Waals surface area contributed by atoms with Gasteiger partial charge in [0, 0.05) is 32.1 Å². The van der Waals surface area contributed by atoms with Crippen molar-refractivity contribution in [3.8, 4) is 0 Å². The second-order valence-corrected chi connectivity index (χ2v) is 7.58. The van der Waals surface area contributed by atoms with Crippen LogP contribution in [0.1, 0.15) is 28.8 Å². The molecule has 0 saturated heterocycles.